The number of para-hydroxylation sites is 2. The third-order valence-corrected chi connectivity index (χ3v) is 5.30. The van der Waals surface area contributed by atoms with Crippen LogP contribution in [0.2, 0.25) is 0 Å². The van der Waals surface area contributed by atoms with Crippen molar-refractivity contribution in [3.05, 3.63) is 60.2 Å². The van der Waals surface area contributed by atoms with Crippen LogP contribution in [0.25, 0.3) is 0 Å². The predicted octanol–water partition coefficient (Wildman–Crippen LogP) is 3.35. The highest BCUT2D eigenvalue weighted by atomic mass is 16.5. The van der Waals surface area contributed by atoms with E-state index in [9.17, 15) is 5.11 Å². The summed E-state index contributed by atoms with van der Waals surface area (Å²) in [5.41, 5.74) is 2.31. The Labute approximate surface area is 168 Å². The molecule has 0 radical (unpaired) electrons. The normalized spacial score (nSPS) is 17.3. The fourth-order valence-electron chi connectivity index (χ4n) is 3.76. The minimum atomic E-state index is -0.476. The Kier molecular flexibility index (Phi) is 7.71. The van der Waals surface area contributed by atoms with Gasteiger partial charge in [0.05, 0.1) is 31.6 Å². The van der Waals surface area contributed by atoms with E-state index in [1.165, 1.54) is 5.56 Å². The summed E-state index contributed by atoms with van der Waals surface area (Å²) in [6, 6.07) is 18.4. The lowest BCUT2D eigenvalue weighted by molar-refractivity contribution is -0.0240. The molecule has 2 aromatic rings. The number of aliphatic hydroxyl groups excluding tert-OH is 1. The van der Waals surface area contributed by atoms with Gasteiger partial charge in [0.2, 0.25) is 0 Å². The van der Waals surface area contributed by atoms with Crippen molar-refractivity contribution in [3.63, 3.8) is 0 Å². The number of rotatable bonds is 9. The molecule has 2 atom stereocenters. The molecule has 1 N–H and O–H groups in total. The maximum Gasteiger partial charge on any atom is 0.142 e. The van der Waals surface area contributed by atoms with Gasteiger partial charge in [-0.05, 0) is 24.1 Å². The molecule has 0 spiro atoms. The molecule has 0 aromatic heterocycles. The summed E-state index contributed by atoms with van der Waals surface area (Å²) in [5, 5.41) is 10.5. The van der Waals surface area contributed by atoms with Crippen LogP contribution in [0.15, 0.2) is 54.6 Å². The van der Waals surface area contributed by atoms with Gasteiger partial charge in [0.15, 0.2) is 0 Å². The first-order chi connectivity index (χ1) is 13.7. The van der Waals surface area contributed by atoms with Crippen molar-refractivity contribution >= 4 is 5.69 Å². The molecule has 1 aliphatic rings. The Morgan fingerprint density at radius 3 is 2.32 bits per heavy atom. The van der Waals surface area contributed by atoms with Crippen LogP contribution in [0.5, 0.6) is 5.75 Å². The second-order valence-electron chi connectivity index (χ2n) is 7.25. The van der Waals surface area contributed by atoms with E-state index in [2.05, 4.69) is 34.9 Å². The van der Waals surface area contributed by atoms with E-state index in [1.54, 1.807) is 7.11 Å². The number of nitrogens with zero attached hydrogens (tertiary/aromatic N) is 2. The lowest BCUT2D eigenvalue weighted by Gasteiger charge is -2.37. The summed E-state index contributed by atoms with van der Waals surface area (Å²) in [5.74, 6) is 0.913. The Morgan fingerprint density at radius 1 is 0.964 bits per heavy atom. The van der Waals surface area contributed by atoms with Gasteiger partial charge in [0.25, 0.3) is 0 Å². The van der Waals surface area contributed by atoms with E-state index >= 15 is 0 Å². The van der Waals surface area contributed by atoms with E-state index in [-0.39, 0.29) is 6.10 Å². The topological polar surface area (TPSA) is 45.2 Å². The van der Waals surface area contributed by atoms with E-state index in [4.69, 9.17) is 9.47 Å². The molecule has 2 aromatic carbocycles. The molecule has 1 heterocycles. The first-order valence-electron chi connectivity index (χ1n) is 10.2. The average Bonchev–Trinajstić information content (AvgIpc) is 2.75. The third kappa shape index (κ3) is 5.47. The largest absolute Gasteiger partial charge is 0.495 e. The van der Waals surface area contributed by atoms with Gasteiger partial charge in [0.1, 0.15) is 5.75 Å². The molecular formula is C23H32N2O3. The zero-order valence-corrected chi connectivity index (χ0v) is 17.0. The second kappa shape index (κ2) is 10.5. The van der Waals surface area contributed by atoms with Crippen LogP contribution in [-0.4, -0.2) is 62.6 Å². The van der Waals surface area contributed by atoms with Crippen molar-refractivity contribution in [2.24, 2.45) is 0 Å². The van der Waals surface area contributed by atoms with Crippen molar-refractivity contribution in [2.45, 2.75) is 25.6 Å². The number of benzene rings is 2. The van der Waals surface area contributed by atoms with E-state index in [0.717, 1.165) is 44.0 Å². The van der Waals surface area contributed by atoms with Gasteiger partial charge in [-0.2, -0.15) is 0 Å². The maximum absolute atomic E-state index is 10.5. The molecular weight excluding hydrogens is 352 g/mol. The summed E-state index contributed by atoms with van der Waals surface area (Å²) < 4.78 is 11.5. The fraction of sp³-hybridized carbons (Fsp3) is 0.478. The number of aliphatic hydroxyl groups is 1. The highest BCUT2D eigenvalue weighted by Gasteiger charge is 2.22. The van der Waals surface area contributed by atoms with Gasteiger partial charge in [-0.1, -0.05) is 49.4 Å². The van der Waals surface area contributed by atoms with Crippen LogP contribution in [-0.2, 0) is 4.74 Å². The van der Waals surface area contributed by atoms with Crippen LogP contribution in [0.4, 0.5) is 5.69 Å². The van der Waals surface area contributed by atoms with Gasteiger partial charge < -0.3 is 19.5 Å². The zero-order valence-electron chi connectivity index (χ0n) is 17.0. The van der Waals surface area contributed by atoms with E-state index in [0.29, 0.717) is 13.2 Å². The molecule has 28 heavy (non-hydrogen) atoms. The van der Waals surface area contributed by atoms with Gasteiger partial charge in [-0.3, -0.25) is 4.90 Å². The fourth-order valence-corrected chi connectivity index (χ4v) is 3.76. The predicted molar refractivity (Wildman–Crippen MR) is 113 cm³/mol. The quantitative estimate of drug-likeness (QED) is 0.718. The summed E-state index contributed by atoms with van der Waals surface area (Å²) in [6.07, 6.45) is 0.461. The minimum Gasteiger partial charge on any atom is -0.495 e. The highest BCUT2D eigenvalue weighted by molar-refractivity contribution is 5.58. The Morgan fingerprint density at radius 2 is 1.64 bits per heavy atom. The van der Waals surface area contributed by atoms with Crippen LogP contribution in [0.3, 0.4) is 0 Å². The Hall–Kier alpha value is -2.08. The number of ether oxygens (including phenoxy) is 2. The standard InChI is InChI=1S/C23H32N2O3/c1-3-22(19-9-5-4-6-10-19)28-18-20(26)17-24-13-15-25(16-14-24)21-11-7-8-12-23(21)27-2/h4-12,20,22,26H,3,13-18H2,1-2H3/t20-,22+/m1/s1. The molecule has 0 bridgehead atoms. The zero-order chi connectivity index (χ0) is 19.8. The molecule has 5 heteroatoms. The molecule has 0 amide bonds. The Bertz CT molecular complexity index is 702. The number of methoxy groups -OCH3 is 1. The lowest BCUT2D eigenvalue weighted by atomic mass is 10.1. The third-order valence-electron chi connectivity index (χ3n) is 5.30. The van der Waals surface area contributed by atoms with Crippen molar-refractivity contribution in [2.75, 3.05) is 51.3 Å². The van der Waals surface area contributed by atoms with Gasteiger partial charge >= 0.3 is 0 Å². The average molecular weight is 385 g/mol. The summed E-state index contributed by atoms with van der Waals surface area (Å²) in [4.78, 5) is 4.66. The highest BCUT2D eigenvalue weighted by Crippen LogP contribution is 2.28. The number of piperazine rings is 1. The van der Waals surface area contributed by atoms with E-state index < -0.39 is 6.10 Å². The van der Waals surface area contributed by atoms with E-state index in [1.807, 2.05) is 36.4 Å². The number of hydrogen-bond acceptors (Lipinski definition) is 5. The molecule has 1 aliphatic heterocycles. The molecule has 0 aliphatic carbocycles. The van der Waals surface area contributed by atoms with Crippen molar-refractivity contribution < 1.29 is 14.6 Å². The van der Waals surface area contributed by atoms with Crippen LogP contribution < -0.4 is 9.64 Å². The maximum atomic E-state index is 10.5. The van der Waals surface area contributed by atoms with Crippen LogP contribution in [0, 0.1) is 0 Å². The summed E-state index contributed by atoms with van der Waals surface area (Å²) >= 11 is 0. The first-order valence-corrected chi connectivity index (χ1v) is 10.2. The van der Waals surface area contributed by atoms with Gasteiger partial charge in [-0.25, -0.2) is 0 Å². The summed E-state index contributed by atoms with van der Waals surface area (Å²) in [7, 11) is 1.71. The van der Waals surface area contributed by atoms with Crippen LogP contribution >= 0.6 is 0 Å². The number of hydrogen-bond donors (Lipinski definition) is 1. The minimum absolute atomic E-state index is 0.0400. The molecule has 1 saturated heterocycles. The molecule has 0 unspecified atom stereocenters. The van der Waals surface area contributed by atoms with Crippen molar-refractivity contribution in [1.82, 2.24) is 4.90 Å². The number of anilines is 1. The van der Waals surface area contributed by atoms with Crippen LogP contribution in [0.1, 0.15) is 25.0 Å². The Balaban J connectivity index is 1.44. The molecule has 3 rings (SSSR count). The van der Waals surface area contributed by atoms with Gasteiger partial charge in [0, 0.05) is 32.7 Å². The SMILES string of the molecule is CC[C@H](OC[C@H](O)CN1CCN(c2ccccc2OC)CC1)c1ccccc1. The van der Waals surface area contributed by atoms with Crippen molar-refractivity contribution in [3.8, 4) is 5.75 Å². The monoisotopic (exact) mass is 384 g/mol. The lowest BCUT2D eigenvalue weighted by Crippen LogP contribution is -2.49. The summed E-state index contributed by atoms with van der Waals surface area (Å²) in [6.45, 7) is 6.81. The smallest absolute Gasteiger partial charge is 0.142 e. The van der Waals surface area contributed by atoms with Crippen molar-refractivity contribution in [1.29, 1.82) is 0 Å². The molecule has 5 nitrogen and oxygen atoms in total. The molecule has 0 saturated carbocycles. The molecule has 152 valence electrons. The molecule has 1 fully saturated rings. The van der Waals surface area contributed by atoms with Gasteiger partial charge in [-0.15, -0.1) is 0 Å². The first kappa shape index (κ1) is 20.6. The number of β-amino-alcohol motifs (C(OH)–C–C–N with tert-alkyl or cyclic N) is 1. The second-order valence-corrected chi connectivity index (χ2v) is 7.25.